The highest BCUT2D eigenvalue weighted by molar-refractivity contribution is 5.97. The first kappa shape index (κ1) is 11.8. The van der Waals surface area contributed by atoms with Crippen LogP contribution in [0.25, 0.3) is 21.9 Å². The Morgan fingerprint density at radius 3 is 2.76 bits per heavy atom. The Kier molecular flexibility index (Phi) is 2.39. The SMILES string of the molecule is N#Cc1c2c(cc3ccc(O)cc13)-c1ccccc1CO2. The molecule has 3 aromatic rings. The first-order chi connectivity index (χ1) is 10.3. The van der Waals surface area contributed by atoms with Gasteiger partial charge in [-0.2, -0.15) is 5.26 Å². The van der Waals surface area contributed by atoms with Crippen molar-refractivity contribution in [2.24, 2.45) is 0 Å². The minimum atomic E-state index is 0.148. The summed E-state index contributed by atoms with van der Waals surface area (Å²) in [5, 5.41) is 20.8. The zero-order valence-corrected chi connectivity index (χ0v) is 11.1. The summed E-state index contributed by atoms with van der Waals surface area (Å²) in [7, 11) is 0. The van der Waals surface area contributed by atoms with Crippen molar-refractivity contribution < 1.29 is 9.84 Å². The predicted octanol–water partition coefficient (Wildman–Crippen LogP) is 3.98. The lowest BCUT2D eigenvalue weighted by Gasteiger charge is -2.22. The molecular weight excluding hydrogens is 262 g/mol. The fourth-order valence-corrected chi connectivity index (χ4v) is 2.88. The maximum Gasteiger partial charge on any atom is 0.146 e. The van der Waals surface area contributed by atoms with Gasteiger partial charge >= 0.3 is 0 Å². The third kappa shape index (κ3) is 1.66. The highest BCUT2D eigenvalue weighted by atomic mass is 16.5. The number of ether oxygens (including phenoxy) is 1. The molecule has 1 N–H and O–H groups in total. The van der Waals surface area contributed by atoms with Gasteiger partial charge in [0.05, 0.1) is 0 Å². The summed E-state index contributed by atoms with van der Waals surface area (Å²) in [6.07, 6.45) is 0. The quantitative estimate of drug-likeness (QED) is 0.674. The van der Waals surface area contributed by atoms with Gasteiger partial charge in [-0.3, -0.25) is 0 Å². The molecule has 100 valence electrons. The number of phenolic OH excluding ortho intramolecular Hbond substituents is 1. The van der Waals surface area contributed by atoms with Crippen molar-refractivity contribution in [2.75, 3.05) is 0 Å². The predicted molar refractivity (Wildman–Crippen MR) is 80.1 cm³/mol. The van der Waals surface area contributed by atoms with E-state index in [0.717, 1.165) is 27.5 Å². The number of aromatic hydroxyl groups is 1. The van der Waals surface area contributed by atoms with E-state index in [9.17, 15) is 10.4 Å². The van der Waals surface area contributed by atoms with Crippen LogP contribution in [-0.4, -0.2) is 5.11 Å². The number of rotatable bonds is 0. The van der Waals surface area contributed by atoms with E-state index in [1.165, 1.54) is 0 Å². The molecule has 0 radical (unpaired) electrons. The van der Waals surface area contributed by atoms with Crippen molar-refractivity contribution >= 4 is 10.8 Å². The molecule has 0 atom stereocenters. The van der Waals surface area contributed by atoms with Gasteiger partial charge in [-0.05, 0) is 34.7 Å². The summed E-state index contributed by atoms with van der Waals surface area (Å²) < 4.78 is 5.82. The van der Waals surface area contributed by atoms with Gasteiger partial charge < -0.3 is 9.84 Å². The van der Waals surface area contributed by atoms with Crippen LogP contribution < -0.4 is 4.74 Å². The first-order valence-electron chi connectivity index (χ1n) is 6.69. The molecule has 0 bridgehead atoms. The monoisotopic (exact) mass is 273 g/mol. The summed E-state index contributed by atoms with van der Waals surface area (Å²) in [6.45, 7) is 0.460. The van der Waals surface area contributed by atoms with Gasteiger partial charge in [0.2, 0.25) is 0 Å². The first-order valence-corrected chi connectivity index (χ1v) is 6.69. The molecule has 0 fully saturated rings. The largest absolute Gasteiger partial charge is 0.508 e. The van der Waals surface area contributed by atoms with Crippen molar-refractivity contribution in [3.63, 3.8) is 0 Å². The Balaban J connectivity index is 2.13. The molecular formula is C18H11NO2. The number of nitrogens with zero attached hydrogens (tertiary/aromatic N) is 1. The Morgan fingerprint density at radius 1 is 1.05 bits per heavy atom. The molecule has 3 nitrogen and oxygen atoms in total. The minimum absolute atomic E-state index is 0.148. The Bertz CT molecular complexity index is 922. The molecule has 0 aromatic heterocycles. The maximum atomic E-state index is 9.66. The topological polar surface area (TPSA) is 53.2 Å². The van der Waals surface area contributed by atoms with Gasteiger partial charge in [0.15, 0.2) is 0 Å². The number of fused-ring (bicyclic) bond motifs is 4. The van der Waals surface area contributed by atoms with Crippen LogP contribution in [0.2, 0.25) is 0 Å². The fraction of sp³-hybridized carbons (Fsp3) is 0.0556. The van der Waals surface area contributed by atoms with Crippen LogP contribution in [0, 0.1) is 11.3 Å². The maximum absolute atomic E-state index is 9.66. The van der Waals surface area contributed by atoms with Crippen LogP contribution in [-0.2, 0) is 6.61 Å². The molecule has 1 heterocycles. The molecule has 0 unspecified atom stereocenters. The second kappa shape index (κ2) is 4.26. The second-order valence-corrected chi connectivity index (χ2v) is 5.09. The van der Waals surface area contributed by atoms with Gasteiger partial charge in [0.25, 0.3) is 0 Å². The molecule has 0 amide bonds. The van der Waals surface area contributed by atoms with E-state index in [1.54, 1.807) is 12.1 Å². The number of nitriles is 1. The summed E-state index contributed by atoms with van der Waals surface area (Å²) >= 11 is 0. The highest BCUT2D eigenvalue weighted by Gasteiger charge is 2.22. The Labute approximate surface area is 121 Å². The van der Waals surface area contributed by atoms with Crippen LogP contribution in [0.3, 0.4) is 0 Å². The summed E-state index contributed by atoms with van der Waals surface area (Å²) in [6, 6.07) is 17.3. The summed E-state index contributed by atoms with van der Waals surface area (Å²) in [4.78, 5) is 0. The summed E-state index contributed by atoms with van der Waals surface area (Å²) in [5.74, 6) is 0.754. The van der Waals surface area contributed by atoms with E-state index in [1.807, 2.05) is 36.4 Å². The standard InChI is InChI=1S/C18H11NO2/c19-9-17-15-8-13(20)6-5-11(15)7-16-14-4-2-1-3-12(14)10-21-18(16)17/h1-8,20H,10H2. The Hall–Kier alpha value is -2.99. The molecule has 21 heavy (non-hydrogen) atoms. The smallest absolute Gasteiger partial charge is 0.146 e. The van der Waals surface area contributed by atoms with Gasteiger partial charge in [0, 0.05) is 10.9 Å². The normalized spacial score (nSPS) is 12.1. The van der Waals surface area contributed by atoms with E-state index in [0.29, 0.717) is 17.9 Å². The zero-order chi connectivity index (χ0) is 14.4. The van der Waals surface area contributed by atoms with Crippen LogP contribution in [0.5, 0.6) is 11.5 Å². The van der Waals surface area contributed by atoms with Gasteiger partial charge in [0.1, 0.15) is 29.7 Å². The molecule has 1 aliphatic heterocycles. The number of phenols is 1. The number of benzene rings is 3. The number of hydrogen-bond acceptors (Lipinski definition) is 3. The van der Waals surface area contributed by atoms with Crippen molar-refractivity contribution in [1.82, 2.24) is 0 Å². The number of hydrogen-bond donors (Lipinski definition) is 1. The van der Waals surface area contributed by atoms with E-state index >= 15 is 0 Å². The van der Waals surface area contributed by atoms with Crippen molar-refractivity contribution in [2.45, 2.75) is 6.61 Å². The minimum Gasteiger partial charge on any atom is -0.508 e. The van der Waals surface area contributed by atoms with Crippen LogP contribution >= 0.6 is 0 Å². The Morgan fingerprint density at radius 2 is 1.90 bits per heavy atom. The van der Waals surface area contributed by atoms with E-state index < -0.39 is 0 Å². The van der Waals surface area contributed by atoms with Crippen molar-refractivity contribution in [3.8, 4) is 28.7 Å². The lowest BCUT2D eigenvalue weighted by molar-refractivity contribution is 0.302. The van der Waals surface area contributed by atoms with Crippen LogP contribution in [0.1, 0.15) is 11.1 Å². The molecule has 0 saturated carbocycles. The molecule has 0 saturated heterocycles. The molecule has 4 rings (SSSR count). The second-order valence-electron chi connectivity index (χ2n) is 5.09. The molecule has 3 heteroatoms. The highest BCUT2D eigenvalue weighted by Crippen LogP contribution is 2.43. The van der Waals surface area contributed by atoms with Crippen LogP contribution in [0.15, 0.2) is 48.5 Å². The molecule has 3 aromatic carbocycles. The molecule has 1 aliphatic rings. The van der Waals surface area contributed by atoms with Crippen molar-refractivity contribution in [1.29, 1.82) is 5.26 Å². The lowest BCUT2D eigenvalue weighted by Crippen LogP contribution is -2.07. The third-order valence-electron chi connectivity index (χ3n) is 3.87. The average Bonchev–Trinajstić information content (AvgIpc) is 2.52. The summed E-state index contributed by atoms with van der Waals surface area (Å²) in [5.41, 5.74) is 3.64. The van der Waals surface area contributed by atoms with E-state index in [2.05, 4.69) is 6.07 Å². The van der Waals surface area contributed by atoms with Crippen LogP contribution in [0.4, 0.5) is 0 Å². The molecule has 0 spiro atoms. The molecule has 0 aliphatic carbocycles. The van der Waals surface area contributed by atoms with Crippen molar-refractivity contribution in [3.05, 3.63) is 59.7 Å². The fourth-order valence-electron chi connectivity index (χ4n) is 2.88. The van der Waals surface area contributed by atoms with Gasteiger partial charge in [-0.25, -0.2) is 0 Å². The van der Waals surface area contributed by atoms with Gasteiger partial charge in [-0.15, -0.1) is 0 Å². The average molecular weight is 273 g/mol. The van der Waals surface area contributed by atoms with E-state index in [4.69, 9.17) is 4.74 Å². The zero-order valence-electron chi connectivity index (χ0n) is 11.1. The van der Waals surface area contributed by atoms with Gasteiger partial charge in [-0.1, -0.05) is 30.3 Å². The third-order valence-corrected chi connectivity index (χ3v) is 3.87. The lowest BCUT2D eigenvalue weighted by atomic mass is 9.91. The van der Waals surface area contributed by atoms with E-state index in [-0.39, 0.29) is 5.75 Å².